The van der Waals surface area contributed by atoms with E-state index < -0.39 is 0 Å². The second-order valence-electron chi connectivity index (χ2n) is 4.90. The third-order valence-corrected chi connectivity index (χ3v) is 3.60. The highest BCUT2D eigenvalue weighted by molar-refractivity contribution is 5.91. The lowest BCUT2D eigenvalue weighted by molar-refractivity contribution is 0.192. The van der Waals surface area contributed by atoms with E-state index in [4.69, 9.17) is 9.26 Å². The Balaban J connectivity index is 1.79. The minimum Gasteiger partial charge on any atom is -0.381 e. The molecule has 5 nitrogen and oxygen atoms in total. The second kappa shape index (κ2) is 4.68. The van der Waals surface area contributed by atoms with Crippen molar-refractivity contribution in [3.63, 3.8) is 0 Å². The molecule has 0 bridgehead atoms. The first-order valence-electron chi connectivity index (χ1n) is 6.67. The number of rotatable bonds is 2. The summed E-state index contributed by atoms with van der Waals surface area (Å²) >= 11 is 0. The fourth-order valence-electron chi connectivity index (χ4n) is 2.53. The maximum absolute atomic E-state index is 5.41. The van der Waals surface area contributed by atoms with E-state index >= 15 is 0 Å². The largest absolute Gasteiger partial charge is 0.381 e. The molecule has 1 aliphatic heterocycles. The van der Waals surface area contributed by atoms with Crippen molar-refractivity contribution < 1.29 is 9.26 Å². The lowest BCUT2D eigenvalue weighted by Gasteiger charge is -2.00. The second-order valence-corrected chi connectivity index (χ2v) is 4.90. The quantitative estimate of drug-likeness (QED) is 0.714. The lowest BCUT2D eigenvalue weighted by Crippen LogP contribution is -1.99. The van der Waals surface area contributed by atoms with Crippen molar-refractivity contribution in [1.82, 2.24) is 15.1 Å². The fraction of sp³-hybridized carbons (Fsp3) is 0.267. The number of hydrogen-bond acceptors (Lipinski definition) is 5. The van der Waals surface area contributed by atoms with Gasteiger partial charge in [0.2, 0.25) is 0 Å². The molecule has 0 aliphatic carbocycles. The summed E-state index contributed by atoms with van der Waals surface area (Å²) in [5.74, 6) is 1.50. The molecule has 5 heteroatoms. The van der Waals surface area contributed by atoms with Crippen LogP contribution in [0.25, 0.3) is 22.4 Å². The number of aromatic nitrogens is 3. The van der Waals surface area contributed by atoms with Crippen LogP contribution in [-0.4, -0.2) is 28.3 Å². The van der Waals surface area contributed by atoms with Crippen molar-refractivity contribution in [2.24, 2.45) is 0 Å². The van der Waals surface area contributed by atoms with Crippen LogP contribution >= 0.6 is 0 Å². The van der Waals surface area contributed by atoms with Crippen molar-refractivity contribution in [2.45, 2.75) is 12.3 Å². The molecule has 2 aromatic heterocycles. The Morgan fingerprint density at radius 3 is 3.00 bits per heavy atom. The first kappa shape index (κ1) is 11.5. The molecule has 1 fully saturated rings. The Kier molecular flexibility index (Phi) is 2.70. The number of hydrogen-bond donors (Lipinski definition) is 0. The molecule has 3 heterocycles. The first-order valence-corrected chi connectivity index (χ1v) is 6.67. The van der Waals surface area contributed by atoms with E-state index in [1.807, 2.05) is 30.3 Å². The van der Waals surface area contributed by atoms with Crippen LogP contribution in [0.15, 0.2) is 41.1 Å². The SMILES string of the molecule is c1cnc2c(-c3nc(C4CCOC4)no3)cccc2c1. The summed E-state index contributed by atoms with van der Waals surface area (Å²) < 4.78 is 10.8. The number of pyridine rings is 1. The monoisotopic (exact) mass is 267 g/mol. The van der Waals surface area contributed by atoms with Gasteiger partial charge in [-0.1, -0.05) is 23.4 Å². The van der Waals surface area contributed by atoms with Crippen molar-refractivity contribution in [3.8, 4) is 11.5 Å². The molecule has 3 aromatic rings. The van der Waals surface area contributed by atoms with Gasteiger partial charge in [0.05, 0.1) is 17.7 Å². The average Bonchev–Trinajstić information content (AvgIpc) is 3.17. The van der Waals surface area contributed by atoms with Crippen LogP contribution in [0.4, 0.5) is 0 Å². The zero-order chi connectivity index (χ0) is 13.4. The molecule has 20 heavy (non-hydrogen) atoms. The van der Waals surface area contributed by atoms with Gasteiger partial charge in [-0.05, 0) is 18.6 Å². The Labute approximate surface area is 115 Å². The van der Waals surface area contributed by atoms with E-state index in [2.05, 4.69) is 15.1 Å². The summed E-state index contributed by atoms with van der Waals surface area (Å²) in [5.41, 5.74) is 1.76. The number of nitrogens with zero attached hydrogens (tertiary/aromatic N) is 3. The first-order chi connectivity index (χ1) is 9.92. The van der Waals surface area contributed by atoms with E-state index in [1.54, 1.807) is 6.20 Å². The van der Waals surface area contributed by atoms with E-state index in [9.17, 15) is 0 Å². The summed E-state index contributed by atoms with van der Waals surface area (Å²) in [6.07, 6.45) is 2.72. The zero-order valence-corrected chi connectivity index (χ0v) is 10.8. The number of ether oxygens (including phenoxy) is 1. The molecule has 0 N–H and O–H groups in total. The Bertz CT molecular complexity index is 742. The predicted molar refractivity (Wildman–Crippen MR) is 73.2 cm³/mol. The number of para-hydroxylation sites is 1. The van der Waals surface area contributed by atoms with E-state index in [0.29, 0.717) is 12.5 Å². The third-order valence-electron chi connectivity index (χ3n) is 3.60. The van der Waals surface area contributed by atoms with E-state index in [0.717, 1.165) is 35.3 Å². The molecule has 4 rings (SSSR count). The third kappa shape index (κ3) is 1.87. The Morgan fingerprint density at radius 1 is 1.15 bits per heavy atom. The minimum absolute atomic E-state index is 0.246. The van der Waals surface area contributed by atoms with Crippen LogP contribution in [0.2, 0.25) is 0 Å². The maximum atomic E-state index is 5.41. The number of fused-ring (bicyclic) bond motifs is 1. The van der Waals surface area contributed by atoms with Gasteiger partial charge in [0, 0.05) is 24.1 Å². The van der Waals surface area contributed by atoms with Crippen LogP contribution in [0.1, 0.15) is 18.2 Å². The van der Waals surface area contributed by atoms with Crippen molar-refractivity contribution in [3.05, 3.63) is 42.4 Å². The molecule has 1 atom stereocenters. The van der Waals surface area contributed by atoms with Crippen LogP contribution < -0.4 is 0 Å². The molecule has 0 spiro atoms. The standard InChI is InChI=1S/C15H13N3O2/c1-3-10-4-2-7-16-13(10)12(5-1)15-17-14(18-20-15)11-6-8-19-9-11/h1-5,7,11H,6,8-9H2. The smallest absolute Gasteiger partial charge is 0.260 e. The summed E-state index contributed by atoms with van der Waals surface area (Å²) in [6, 6.07) is 9.89. The topological polar surface area (TPSA) is 61.0 Å². The normalized spacial score (nSPS) is 18.7. The van der Waals surface area contributed by atoms with Gasteiger partial charge >= 0.3 is 0 Å². The molecule has 0 saturated carbocycles. The molecule has 1 unspecified atom stereocenters. The molecule has 0 radical (unpaired) electrons. The zero-order valence-electron chi connectivity index (χ0n) is 10.8. The molecule has 1 saturated heterocycles. The van der Waals surface area contributed by atoms with Crippen molar-refractivity contribution in [1.29, 1.82) is 0 Å². The maximum Gasteiger partial charge on any atom is 0.260 e. The molecular weight excluding hydrogens is 254 g/mol. The average molecular weight is 267 g/mol. The fourth-order valence-corrected chi connectivity index (χ4v) is 2.53. The Hall–Kier alpha value is -2.27. The van der Waals surface area contributed by atoms with Crippen molar-refractivity contribution >= 4 is 10.9 Å². The summed E-state index contributed by atoms with van der Waals surface area (Å²) in [7, 11) is 0. The summed E-state index contributed by atoms with van der Waals surface area (Å²) in [4.78, 5) is 8.93. The van der Waals surface area contributed by atoms with Gasteiger partial charge in [0.25, 0.3) is 5.89 Å². The predicted octanol–water partition coefficient (Wildman–Crippen LogP) is 2.79. The molecule has 1 aromatic carbocycles. The van der Waals surface area contributed by atoms with Crippen LogP contribution in [0, 0.1) is 0 Å². The van der Waals surface area contributed by atoms with Gasteiger partial charge in [-0.3, -0.25) is 4.98 Å². The van der Waals surface area contributed by atoms with Crippen LogP contribution in [0.5, 0.6) is 0 Å². The van der Waals surface area contributed by atoms with Crippen molar-refractivity contribution in [2.75, 3.05) is 13.2 Å². The number of benzene rings is 1. The highest BCUT2D eigenvalue weighted by atomic mass is 16.5. The minimum atomic E-state index is 0.246. The van der Waals surface area contributed by atoms with Gasteiger partial charge in [-0.15, -0.1) is 0 Å². The van der Waals surface area contributed by atoms with E-state index in [1.165, 1.54) is 0 Å². The van der Waals surface area contributed by atoms with E-state index in [-0.39, 0.29) is 5.92 Å². The van der Waals surface area contributed by atoms with Gasteiger partial charge in [-0.2, -0.15) is 4.98 Å². The Morgan fingerprint density at radius 2 is 2.10 bits per heavy atom. The molecular formula is C15H13N3O2. The molecule has 100 valence electrons. The van der Waals surface area contributed by atoms with Crippen LogP contribution in [-0.2, 0) is 4.74 Å². The molecule has 0 amide bonds. The summed E-state index contributed by atoms with van der Waals surface area (Å²) in [5, 5.41) is 5.15. The van der Waals surface area contributed by atoms with Gasteiger partial charge in [0.15, 0.2) is 5.82 Å². The van der Waals surface area contributed by atoms with Gasteiger partial charge in [0.1, 0.15) is 0 Å². The molecule has 1 aliphatic rings. The van der Waals surface area contributed by atoms with Gasteiger partial charge < -0.3 is 9.26 Å². The lowest BCUT2D eigenvalue weighted by atomic mass is 10.1. The highest BCUT2D eigenvalue weighted by Crippen LogP contribution is 2.28. The summed E-state index contributed by atoms with van der Waals surface area (Å²) in [6.45, 7) is 1.44. The van der Waals surface area contributed by atoms with Gasteiger partial charge in [-0.25, -0.2) is 0 Å². The van der Waals surface area contributed by atoms with Crippen LogP contribution in [0.3, 0.4) is 0 Å². The highest BCUT2D eigenvalue weighted by Gasteiger charge is 2.23.